The predicted octanol–water partition coefficient (Wildman–Crippen LogP) is 4.75. The number of nitrogens with zero attached hydrogens (tertiary/aromatic N) is 3. The zero-order valence-corrected chi connectivity index (χ0v) is 19.5. The highest BCUT2D eigenvalue weighted by atomic mass is 32.1. The smallest absolute Gasteiger partial charge is 0.280 e. The van der Waals surface area contributed by atoms with Crippen LogP contribution in [-0.2, 0) is 4.79 Å². The summed E-state index contributed by atoms with van der Waals surface area (Å²) >= 11 is 1.09. The second-order valence-corrected chi connectivity index (χ2v) is 8.97. The van der Waals surface area contributed by atoms with Crippen molar-refractivity contribution >= 4 is 29.0 Å². The molecule has 0 unspecified atom stereocenters. The van der Waals surface area contributed by atoms with E-state index in [9.17, 15) is 9.59 Å². The van der Waals surface area contributed by atoms with Crippen LogP contribution in [0.3, 0.4) is 0 Å². The van der Waals surface area contributed by atoms with Crippen molar-refractivity contribution in [3.63, 3.8) is 0 Å². The molecule has 0 aliphatic carbocycles. The van der Waals surface area contributed by atoms with Crippen molar-refractivity contribution in [1.82, 2.24) is 14.9 Å². The van der Waals surface area contributed by atoms with Crippen molar-refractivity contribution < 1.29 is 14.0 Å². The molecule has 1 N–H and O–H groups in total. The normalized spacial score (nSPS) is 12.5. The van der Waals surface area contributed by atoms with E-state index < -0.39 is 17.5 Å². The van der Waals surface area contributed by atoms with Gasteiger partial charge in [-0.05, 0) is 75.8 Å². The first-order valence-corrected chi connectivity index (χ1v) is 11.0. The van der Waals surface area contributed by atoms with Crippen molar-refractivity contribution in [1.29, 1.82) is 0 Å². The molecular weight excluding hydrogens is 412 g/mol. The lowest BCUT2D eigenvalue weighted by Gasteiger charge is -2.34. The van der Waals surface area contributed by atoms with E-state index in [4.69, 9.17) is 4.42 Å². The number of nitrogens with one attached hydrogen (secondary N) is 1. The summed E-state index contributed by atoms with van der Waals surface area (Å²) in [4.78, 5) is 28.8. The highest BCUT2D eigenvalue weighted by Crippen LogP contribution is 2.35. The Morgan fingerprint density at radius 1 is 1.23 bits per heavy atom. The van der Waals surface area contributed by atoms with Gasteiger partial charge < -0.3 is 9.73 Å². The fourth-order valence-electron chi connectivity index (χ4n) is 3.59. The summed E-state index contributed by atoms with van der Waals surface area (Å²) < 4.78 is 9.49. The summed E-state index contributed by atoms with van der Waals surface area (Å²) in [6.07, 6.45) is 2.23. The number of benzene rings is 1. The number of anilines is 1. The number of aromatic nitrogens is 2. The first-order valence-electron chi connectivity index (χ1n) is 10.2. The molecule has 0 saturated heterocycles. The number of aryl methyl sites for hydroxylation is 3. The van der Waals surface area contributed by atoms with E-state index in [1.54, 1.807) is 17.5 Å². The van der Waals surface area contributed by atoms with Crippen molar-refractivity contribution in [3.05, 3.63) is 64.1 Å². The Hall–Kier alpha value is -3.00. The van der Waals surface area contributed by atoms with Gasteiger partial charge in [-0.25, -0.2) is 0 Å². The third-order valence-electron chi connectivity index (χ3n) is 5.34. The number of carbonyl (C=O) groups excluding carboxylic acids is 2. The van der Waals surface area contributed by atoms with E-state index in [-0.39, 0.29) is 11.6 Å². The topological polar surface area (TPSA) is 88.3 Å². The van der Waals surface area contributed by atoms with Gasteiger partial charge in [0, 0.05) is 10.9 Å². The van der Waals surface area contributed by atoms with Gasteiger partial charge in [-0.2, -0.15) is 0 Å². The highest BCUT2D eigenvalue weighted by Gasteiger charge is 2.39. The number of furan rings is 1. The maximum atomic E-state index is 13.7. The average molecular weight is 441 g/mol. The zero-order valence-electron chi connectivity index (χ0n) is 18.7. The summed E-state index contributed by atoms with van der Waals surface area (Å²) in [5.41, 5.74) is 3.24. The molecule has 0 radical (unpaired) electrons. The van der Waals surface area contributed by atoms with E-state index >= 15 is 0 Å². The van der Waals surface area contributed by atoms with Gasteiger partial charge >= 0.3 is 0 Å². The van der Waals surface area contributed by atoms with E-state index in [1.165, 1.54) is 11.2 Å². The summed E-state index contributed by atoms with van der Waals surface area (Å²) in [6, 6.07) is 6.41. The summed E-state index contributed by atoms with van der Waals surface area (Å²) in [7, 11) is 0. The number of amides is 2. The van der Waals surface area contributed by atoms with Crippen LogP contribution in [-0.4, -0.2) is 26.9 Å². The molecule has 0 aliphatic rings. The number of rotatable bonds is 7. The largest absolute Gasteiger partial charge is 0.467 e. The maximum Gasteiger partial charge on any atom is 0.280 e. The molecule has 0 fully saturated rings. The van der Waals surface area contributed by atoms with Gasteiger partial charge in [0.05, 0.1) is 12.0 Å². The summed E-state index contributed by atoms with van der Waals surface area (Å²) in [5.74, 6) is -0.354. The second-order valence-electron chi connectivity index (χ2n) is 8.36. The van der Waals surface area contributed by atoms with Crippen LogP contribution in [0.4, 0.5) is 5.69 Å². The number of carbonyl (C=O) groups is 2. The third kappa shape index (κ3) is 4.85. The average Bonchev–Trinajstić information content (AvgIpc) is 3.39. The van der Waals surface area contributed by atoms with Crippen molar-refractivity contribution in [2.45, 2.75) is 59.5 Å². The van der Waals surface area contributed by atoms with Gasteiger partial charge in [0.2, 0.25) is 0 Å². The third-order valence-corrected chi connectivity index (χ3v) is 5.84. The molecule has 7 nitrogen and oxygen atoms in total. The molecule has 8 heteroatoms. The zero-order chi connectivity index (χ0) is 22.8. The maximum absolute atomic E-state index is 13.7. The fraction of sp³-hybridized carbons (Fsp3) is 0.391. The van der Waals surface area contributed by atoms with Crippen LogP contribution in [0.1, 0.15) is 66.2 Å². The lowest BCUT2D eigenvalue weighted by atomic mass is 9.98. The quantitative estimate of drug-likeness (QED) is 0.573. The van der Waals surface area contributed by atoms with E-state index in [2.05, 4.69) is 14.9 Å². The van der Waals surface area contributed by atoms with Crippen LogP contribution in [0.2, 0.25) is 0 Å². The fourth-order valence-corrected chi connectivity index (χ4v) is 4.02. The van der Waals surface area contributed by atoms with E-state index in [0.29, 0.717) is 11.4 Å². The Bertz CT molecular complexity index is 1040. The molecular formula is C23H28N4O3S. The first kappa shape index (κ1) is 22.7. The lowest BCUT2D eigenvalue weighted by molar-refractivity contribution is -0.124. The molecule has 164 valence electrons. The minimum Gasteiger partial charge on any atom is -0.467 e. The Morgan fingerprint density at radius 2 is 1.90 bits per heavy atom. The molecule has 0 aliphatic heterocycles. The molecule has 2 aromatic heterocycles. The monoisotopic (exact) mass is 440 g/mol. The number of hydrogen-bond acceptors (Lipinski definition) is 6. The molecule has 0 bridgehead atoms. The Balaban J connectivity index is 2.21. The van der Waals surface area contributed by atoms with Crippen LogP contribution in [0.5, 0.6) is 0 Å². The molecule has 2 heterocycles. The minimum atomic E-state index is -1.00. The molecule has 0 saturated carbocycles. The van der Waals surface area contributed by atoms with Gasteiger partial charge in [0.25, 0.3) is 11.8 Å². The molecule has 0 spiro atoms. The van der Waals surface area contributed by atoms with Crippen LogP contribution in [0, 0.1) is 20.8 Å². The highest BCUT2D eigenvalue weighted by molar-refractivity contribution is 7.03. The van der Waals surface area contributed by atoms with Gasteiger partial charge in [-0.1, -0.05) is 29.1 Å². The van der Waals surface area contributed by atoms with Gasteiger partial charge in [0.1, 0.15) is 5.76 Å². The summed E-state index contributed by atoms with van der Waals surface area (Å²) in [5, 5.41) is 8.62. The van der Waals surface area contributed by atoms with E-state index in [0.717, 1.165) is 34.6 Å². The molecule has 3 rings (SSSR count). The standard InChI is InChI=1S/C23H28N4O3S/c1-7-23(5,6)24-21(28)20(18-9-8-10-30-18)27(22(29)17-13-31-26-25-17)19-15(3)11-14(2)12-16(19)4/h8-13,20H,7H2,1-6H3,(H,24,28)/t20-/m1/s1. The lowest BCUT2D eigenvalue weighted by Crippen LogP contribution is -2.50. The first-order chi connectivity index (χ1) is 14.6. The Labute approximate surface area is 186 Å². The molecule has 1 atom stereocenters. The SMILES string of the molecule is CCC(C)(C)NC(=O)[C@@H](c1ccco1)N(C(=O)c1csnn1)c1c(C)cc(C)cc1C. The van der Waals surface area contributed by atoms with Gasteiger partial charge in [-0.15, -0.1) is 5.10 Å². The van der Waals surface area contributed by atoms with E-state index in [1.807, 2.05) is 53.7 Å². The van der Waals surface area contributed by atoms with Crippen molar-refractivity contribution in [3.8, 4) is 0 Å². The number of hydrogen-bond donors (Lipinski definition) is 1. The van der Waals surface area contributed by atoms with Crippen LogP contribution in [0.15, 0.2) is 40.3 Å². The summed E-state index contributed by atoms with van der Waals surface area (Å²) in [6.45, 7) is 11.8. The van der Waals surface area contributed by atoms with Crippen molar-refractivity contribution in [2.75, 3.05) is 4.90 Å². The van der Waals surface area contributed by atoms with Gasteiger partial charge in [-0.3, -0.25) is 14.5 Å². The minimum absolute atomic E-state index is 0.184. The second kappa shape index (κ2) is 9.01. The van der Waals surface area contributed by atoms with Crippen LogP contribution >= 0.6 is 11.5 Å². The molecule has 3 aromatic rings. The van der Waals surface area contributed by atoms with Crippen LogP contribution in [0.25, 0.3) is 0 Å². The predicted molar refractivity (Wildman–Crippen MR) is 121 cm³/mol. The molecule has 2 amide bonds. The molecule has 31 heavy (non-hydrogen) atoms. The van der Waals surface area contributed by atoms with Gasteiger partial charge in [0.15, 0.2) is 11.7 Å². The molecule has 1 aromatic carbocycles. The Kier molecular flexibility index (Phi) is 6.59. The van der Waals surface area contributed by atoms with Crippen LogP contribution < -0.4 is 10.2 Å². The Morgan fingerprint density at radius 3 is 2.42 bits per heavy atom. The van der Waals surface area contributed by atoms with Crippen molar-refractivity contribution in [2.24, 2.45) is 0 Å².